The van der Waals surface area contributed by atoms with Crippen LogP contribution in [0.5, 0.6) is 0 Å². The van der Waals surface area contributed by atoms with Gasteiger partial charge >= 0.3 is 40.0 Å². The Morgan fingerprint density at radius 3 is 2.52 bits per heavy atom. The Kier molecular flexibility index (Phi) is 7.96. The van der Waals surface area contributed by atoms with Crippen molar-refractivity contribution in [3.63, 3.8) is 0 Å². The quantitative estimate of drug-likeness (QED) is 0.168. The van der Waals surface area contributed by atoms with Gasteiger partial charge in [-0.1, -0.05) is 0 Å². The van der Waals surface area contributed by atoms with E-state index in [-0.39, 0.29) is 47.6 Å². The molecule has 2 amide bonds. The van der Waals surface area contributed by atoms with Crippen LogP contribution in [0.25, 0.3) is 0 Å². The van der Waals surface area contributed by atoms with Crippen molar-refractivity contribution < 1.29 is 66.2 Å². The molecule has 0 aromatic rings. The first-order valence-electron chi connectivity index (χ1n) is 7.68. The van der Waals surface area contributed by atoms with Crippen LogP contribution in [0.3, 0.4) is 0 Å². The number of nitrogens with zero attached hydrogens (tertiary/aromatic N) is 1. The zero-order valence-corrected chi connectivity index (χ0v) is 19.0. The summed E-state index contributed by atoms with van der Waals surface area (Å²) in [6.45, 7) is 4.35. The summed E-state index contributed by atoms with van der Waals surface area (Å²) in [6, 6.07) is -0.601. The summed E-state index contributed by atoms with van der Waals surface area (Å²) in [6.07, 6.45) is 0.197. The summed E-state index contributed by atoms with van der Waals surface area (Å²) in [4.78, 5) is 36.2. The third kappa shape index (κ3) is 5.46. The Morgan fingerprint density at radius 1 is 1.44 bits per heavy atom. The van der Waals surface area contributed by atoms with Gasteiger partial charge in [0.1, 0.15) is 0 Å². The van der Waals surface area contributed by atoms with Gasteiger partial charge in [0.15, 0.2) is 0 Å². The van der Waals surface area contributed by atoms with Crippen molar-refractivity contribution in [1.82, 2.24) is 10.2 Å². The van der Waals surface area contributed by atoms with E-state index < -0.39 is 39.8 Å². The fourth-order valence-corrected chi connectivity index (χ4v) is 4.98. The molecule has 0 aromatic carbocycles. The number of thioether (sulfide) groups is 1. The van der Waals surface area contributed by atoms with Crippen LogP contribution < -0.4 is 40.0 Å². The van der Waals surface area contributed by atoms with E-state index in [2.05, 4.69) is 9.50 Å². The van der Waals surface area contributed by atoms with Gasteiger partial charge in [0.05, 0.1) is 29.2 Å². The molecule has 2 aliphatic heterocycles. The van der Waals surface area contributed by atoms with Gasteiger partial charge < -0.3 is 20.1 Å². The molecular formula is C14H19N2NaO8S2. The minimum Gasteiger partial charge on any atom is -0.543 e. The zero-order valence-electron chi connectivity index (χ0n) is 15.3. The topological polar surface area (TPSA) is 153 Å². The van der Waals surface area contributed by atoms with Crippen molar-refractivity contribution in [3.8, 4) is 0 Å². The first-order chi connectivity index (χ1) is 11.8. The van der Waals surface area contributed by atoms with E-state index in [9.17, 15) is 27.9 Å². The molecule has 0 radical (unpaired) electrons. The molecule has 0 spiro atoms. The fourth-order valence-electron chi connectivity index (χ4n) is 3.28. The van der Waals surface area contributed by atoms with E-state index >= 15 is 0 Å². The molecule has 2 atom stereocenters. The largest absolute Gasteiger partial charge is 1.00 e. The Labute approximate surface area is 183 Å². The number of carboxylic acids is 1. The van der Waals surface area contributed by atoms with Crippen molar-refractivity contribution >= 4 is 39.9 Å². The van der Waals surface area contributed by atoms with Gasteiger partial charge in [-0.15, -0.1) is 11.8 Å². The van der Waals surface area contributed by atoms with E-state index in [4.69, 9.17) is 4.55 Å². The van der Waals surface area contributed by atoms with E-state index in [1.807, 2.05) is 0 Å². The molecule has 2 heterocycles. The number of amides is 2. The summed E-state index contributed by atoms with van der Waals surface area (Å²) in [5.74, 6) is -2.87. The predicted octanol–water partition coefficient (Wildman–Crippen LogP) is -4.35. The molecule has 2 aliphatic rings. The monoisotopic (exact) mass is 430 g/mol. The Hall–Kier alpha value is -0.630. The second-order valence-electron chi connectivity index (χ2n) is 6.46. The molecule has 27 heavy (non-hydrogen) atoms. The zero-order chi connectivity index (χ0) is 19.9. The number of carboxylic acid groups (broad SMARTS) is 1. The van der Waals surface area contributed by atoms with Crippen molar-refractivity contribution in [2.45, 2.75) is 38.8 Å². The molecule has 2 N–H and O–H groups in total. The summed E-state index contributed by atoms with van der Waals surface area (Å²) in [5, 5.41) is 14.0. The van der Waals surface area contributed by atoms with Gasteiger partial charge in [-0.25, -0.2) is 4.18 Å². The smallest absolute Gasteiger partial charge is 0.543 e. The van der Waals surface area contributed by atoms with Gasteiger partial charge in [-0.05, 0) is 13.8 Å². The number of hydrogen-bond donors (Lipinski definition) is 2. The van der Waals surface area contributed by atoms with Gasteiger partial charge in [-0.3, -0.25) is 14.1 Å². The number of carbonyl (C=O) groups is 3. The van der Waals surface area contributed by atoms with Crippen LogP contribution in [0.2, 0.25) is 0 Å². The fraction of sp³-hybridized carbons (Fsp3) is 0.643. The van der Waals surface area contributed by atoms with Crippen LogP contribution in [0.4, 0.5) is 0 Å². The number of β-lactam (4-membered cyclic amide) rings is 1. The number of carbonyl (C=O) groups excluding carboxylic acids is 3. The minimum absolute atomic E-state index is 0. The van der Waals surface area contributed by atoms with Crippen LogP contribution in [0.15, 0.2) is 10.6 Å². The molecule has 2 rings (SSSR count). The molecule has 0 unspecified atom stereocenters. The second-order valence-corrected chi connectivity index (χ2v) is 8.67. The molecule has 0 bridgehead atoms. The number of fused-ring (bicyclic) bond motifs is 1. The van der Waals surface area contributed by atoms with Crippen LogP contribution in [0.1, 0.15) is 27.2 Å². The van der Waals surface area contributed by atoms with Crippen LogP contribution in [-0.2, 0) is 29.0 Å². The SMILES string of the molecule is CC(=O)NCCSC1=C(C(=O)[O-])N2C(=O)[C@@H](C(C)(C)OS(=O)(=O)O)[C@H]2C1.[Na+]. The van der Waals surface area contributed by atoms with E-state index in [0.29, 0.717) is 17.2 Å². The summed E-state index contributed by atoms with van der Waals surface area (Å²) >= 11 is 1.18. The Morgan fingerprint density at radius 2 is 2.04 bits per heavy atom. The van der Waals surface area contributed by atoms with Crippen molar-refractivity contribution in [2.75, 3.05) is 12.3 Å². The summed E-state index contributed by atoms with van der Waals surface area (Å²) < 4.78 is 35.5. The molecule has 0 saturated carbocycles. The van der Waals surface area contributed by atoms with Crippen molar-refractivity contribution in [2.24, 2.45) is 5.92 Å². The van der Waals surface area contributed by atoms with Crippen LogP contribution >= 0.6 is 11.8 Å². The van der Waals surface area contributed by atoms with E-state index in [1.165, 1.54) is 32.5 Å². The normalized spacial score (nSPS) is 22.1. The third-order valence-corrected chi connectivity index (χ3v) is 5.89. The number of hydrogen-bond acceptors (Lipinski definition) is 8. The number of nitrogens with one attached hydrogen (secondary N) is 1. The third-order valence-electron chi connectivity index (χ3n) is 4.13. The molecule has 10 nitrogen and oxygen atoms in total. The first kappa shape index (κ1) is 24.4. The number of aliphatic carboxylic acids is 1. The van der Waals surface area contributed by atoms with Gasteiger partial charge in [0, 0.05) is 30.5 Å². The average Bonchev–Trinajstić information content (AvgIpc) is 2.74. The van der Waals surface area contributed by atoms with Crippen LogP contribution in [0, 0.1) is 5.92 Å². The van der Waals surface area contributed by atoms with Gasteiger partial charge in [0.25, 0.3) is 0 Å². The van der Waals surface area contributed by atoms with E-state index in [0.717, 1.165) is 4.90 Å². The maximum absolute atomic E-state index is 12.4. The molecule has 1 saturated heterocycles. The predicted molar refractivity (Wildman–Crippen MR) is 88.6 cm³/mol. The minimum atomic E-state index is -4.78. The summed E-state index contributed by atoms with van der Waals surface area (Å²) in [5.41, 5.74) is -1.79. The Bertz CT molecular complexity index is 780. The average molecular weight is 430 g/mol. The summed E-state index contributed by atoms with van der Waals surface area (Å²) in [7, 11) is -4.78. The molecule has 13 heteroatoms. The molecule has 1 fully saturated rings. The molecule has 0 aromatic heterocycles. The van der Waals surface area contributed by atoms with Crippen LogP contribution in [-0.4, -0.2) is 59.6 Å². The van der Waals surface area contributed by atoms with E-state index in [1.54, 1.807) is 0 Å². The molecule has 146 valence electrons. The van der Waals surface area contributed by atoms with Crippen molar-refractivity contribution in [1.29, 1.82) is 0 Å². The Balaban J connectivity index is 0.00000364. The first-order valence-corrected chi connectivity index (χ1v) is 10.0. The maximum atomic E-state index is 12.4. The van der Waals surface area contributed by atoms with Crippen molar-refractivity contribution in [3.05, 3.63) is 10.6 Å². The number of rotatable bonds is 8. The maximum Gasteiger partial charge on any atom is 1.00 e. The standard InChI is InChI=1S/C14H20N2O8S2.Na/c1-7(17)15-4-5-25-9-6-8-10(14(2,3)24-26(21,22)23)12(18)16(8)11(9)13(19)20;/h8,10H,4-6H2,1-3H3,(H,15,17)(H,19,20)(H,21,22,23);/q;+1/p-1/t8-,10+;/m1./s1. The van der Waals surface area contributed by atoms with Gasteiger partial charge in [0.2, 0.25) is 11.8 Å². The molecule has 0 aliphatic carbocycles. The second kappa shape index (κ2) is 8.80. The molecular weight excluding hydrogens is 411 g/mol. The van der Waals surface area contributed by atoms with Gasteiger partial charge in [-0.2, -0.15) is 8.42 Å².